The van der Waals surface area contributed by atoms with Crippen molar-refractivity contribution in [2.45, 2.75) is 76.5 Å². The number of guanidine groups is 1. The Bertz CT molecular complexity index is 861. The fraction of sp³-hybridized carbons (Fsp3) is 0.667. The number of nitrogens with two attached hydrogens (primary N) is 3. The molecule has 0 aliphatic heterocycles. The minimum absolute atomic E-state index is 0.00220. The quantitative estimate of drug-likeness (QED) is 0.0495. The maximum atomic E-state index is 13.0. The zero-order chi connectivity index (χ0) is 28.7. The smallest absolute Gasteiger partial charge is 0.326 e. The normalized spacial score (nSPS) is 14.7. The number of aliphatic carboxylic acids is 3. The SMILES string of the molecule is CCC(C)C(NC(=O)C(CCC(=O)O)NC(=O)C(N)CC(=O)O)C(=O)NC(CCCN=C(N)N)C(=O)O. The molecule has 16 heteroatoms. The number of carbonyl (C=O) groups is 6. The maximum absolute atomic E-state index is 13.0. The molecule has 3 amide bonds. The van der Waals surface area contributed by atoms with Crippen molar-refractivity contribution < 1.29 is 44.1 Å². The summed E-state index contributed by atoms with van der Waals surface area (Å²) in [6.07, 6.45) is -0.978. The van der Waals surface area contributed by atoms with Crippen LogP contribution in [0.4, 0.5) is 0 Å². The second kappa shape index (κ2) is 16.7. The first-order valence-corrected chi connectivity index (χ1v) is 11.6. The van der Waals surface area contributed by atoms with E-state index >= 15 is 0 Å². The largest absolute Gasteiger partial charge is 0.481 e. The molecule has 0 aliphatic carbocycles. The van der Waals surface area contributed by atoms with Crippen LogP contribution in [0.2, 0.25) is 0 Å². The standard InChI is InChI=1S/C21H37N7O9/c1-3-10(2)16(19(35)27-13(20(36)37)5-4-8-25-21(23)24)28-18(34)12(6-7-14(29)30)26-17(33)11(22)9-15(31)32/h10-13,16H,3-9,22H2,1-2H3,(H,26,33)(H,27,35)(H,28,34)(H,29,30)(H,31,32)(H,36,37)(H4,23,24,25). The highest BCUT2D eigenvalue weighted by molar-refractivity contribution is 5.95. The number of hydrogen-bond donors (Lipinski definition) is 9. The van der Waals surface area contributed by atoms with Gasteiger partial charge in [0.25, 0.3) is 0 Å². The van der Waals surface area contributed by atoms with Gasteiger partial charge in [-0.15, -0.1) is 0 Å². The highest BCUT2D eigenvalue weighted by Crippen LogP contribution is 2.11. The number of aliphatic imine (C=N–C) groups is 1. The molecule has 0 spiro atoms. The van der Waals surface area contributed by atoms with Gasteiger partial charge in [-0.25, -0.2) is 4.79 Å². The number of nitrogens with zero attached hydrogens (tertiary/aromatic N) is 1. The predicted octanol–water partition coefficient (Wildman–Crippen LogP) is -2.71. The summed E-state index contributed by atoms with van der Waals surface area (Å²) in [6, 6.07) is -5.48. The van der Waals surface area contributed by atoms with Crippen molar-refractivity contribution in [2.75, 3.05) is 6.54 Å². The highest BCUT2D eigenvalue weighted by atomic mass is 16.4. The molecule has 16 nitrogen and oxygen atoms in total. The van der Waals surface area contributed by atoms with Crippen LogP contribution in [0, 0.1) is 5.92 Å². The van der Waals surface area contributed by atoms with Gasteiger partial charge in [0.15, 0.2) is 5.96 Å². The number of nitrogens with one attached hydrogen (secondary N) is 3. The van der Waals surface area contributed by atoms with Crippen LogP contribution in [-0.2, 0) is 28.8 Å². The Kier molecular flexibility index (Phi) is 14.9. The Hall–Kier alpha value is -3.95. The molecular formula is C21H37N7O9. The first-order valence-electron chi connectivity index (χ1n) is 11.6. The zero-order valence-electron chi connectivity index (χ0n) is 20.8. The predicted molar refractivity (Wildman–Crippen MR) is 130 cm³/mol. The lowest BCUT2D eigenvalue weighted by molar-refractivity contribution is -0.143. The fourth-order valence-corrected chi connectivity index (χ4v) is 3.07. The van der Waals surface area contributed by atoms with E-state index in [-0.39, 0.29) is 31.8 Å². The van der Waals surface area contributed by atoms with Crippen molar-refractivity contribution in [1.29, 1.82) is 0 Å². The molecule has 0 aliphatic rings. The molecule has 0 radical (unpaired) electrons. The van der Waals surface area contributed by atoms with E-state index in [4.69, 9.17) is 27.4 Å². The Labute approximate surface area is 213 Å². The molecular weight excluding hydrogens is 494 g/mol. The Morgan fingerprint density at radius 3 is 1.92 bits per heavy atom. The summed E-state index contributed by atoms with van der Waals surface area (Å²) < 4.78 is 0. The Morgan fingerprint density at radius 2 is 1.43 bits per heavy atom. The number of hydrogen-bond acceptors (Lipinski definition) is 8. The molecule has 0 bridgehead atoms. The summed E-state index contributed by atoms with van der Waals surface area (Å²) >= 11 is 0. The van der Waals surface area contributed by atoms with Gasteiger partial charge in [0, 0.05) is 13.0 Å². The van der Waals surface area contributed by atoms with Gasteiger partial charge in [-0.2, -0.15) is 0 Å². The van der Waals surface area contributed by atoms with E-state index in [2.05, 4.69) is 20.9 Å². The van der Waals surface area contributed by atoms with E-state index in [1.807, 2.05) is 0 Å². The molecule has 0 heterocycles. The third-order valence-electron chi connectivity index (χ3n) is 5.36. The average Bonchev–Trinajstić information content (AvgIpc) is 2.79. The average molecular weight is 532 g/mol. The summed E-state index contributed by atoms with van der Waals surface area (Å²) in [5, 5.41) is 34.3. The minimum Gasteiger partial charge on any atom is -0.481 e. The Morgan fingerprint density at radius 1 is 0.838 bits per heavy atom. The lowest BCUT2D eigenvalue weighted by Crippen LogP contribution is -2.58. The van der Waals surface area contributed by atoms with Gasteiger partial charge in [-0.3, -0.25) is 29.0 Å². The number of rotatable bonds is 18. The molecule has 0 aromatic carbocycles. The van der Waals surface area contributed by atoms with E-state index in [0.717, 1.165) is 0 Å². The second-order valence-electron chi connectivity index (χ2n) is 8.42. The van der Waals surface area contributed by atoms with Crippen LogP contribution in [0.5, 0.6) is 0 Å². The summed E-state index contributed by atoms with van der Waals surface area (Å²) in [4.78, 5) is 75.3. The lowest BCUT2D eigenvalue weighted by atomic mass is 9.96. The van der Waals surface area contributed by atoms with E-state index < -0.39 is 78.6 Å². The topological polar surface area (TPSA) is 290 Å². The molecule has 5 unspecified atom stereocenters. The van der Waals surface area contributed by atoms with Crippen LogP contribution in [0.15, 0.2) is 4.99 Å². The highest BCUT2D eigenvalue weighted by Gasteiger charge is 2.33. The molecule has 0 fully saturated rings. The first kappa shape index (κ1) is 33.0. The zero-order valence-corrected chi connectivity index (χ0v) is 20.8. The van der Waals surface area contributed by atoms with Crippen molar-refractivity contribution in [3.8, 4) is 0 Å². The van der Waals surface area contributed by atoms with Crippen molar-refractivity contribution in [1.82, 2.24) is 16.0 Å². The molecule has 0 aromatic rings. The molecule has 0 saturated heterocycles. The van der Waals surface area contributed by atoms with E-state index in [1.54, 1.807) is 13.8 Å². The molecule has 5 atom stereocenters. The van der Waals surface area contributed by atoms with Crippen LogP contribution >= 0.6 is 0 Å². The van der Waals surface area contributed by atoms with E-state index in [1.165, 1.54) is 0 Å². The molecule has 37 heavy (non-hydrogen) atoms. The van der Waals surface area contributed by atoms with Gasteiger partial charge in [0.2, 0.25) is 17.7 Å². The summed E-state index contributed by atoms with van der Waals surface area (Å²) in [5.41, 5.74) is 16.0. The van der Waals surface area contributed by atoms with Crippen molar-refractivity contribution in [3.63, 3.8) is 0 Å². The fourth-order valence-electron chi connectivity index (χ4n) is 3.07. The van der Waals surface area contributed by atoms with E-state index in [0.29, 0.717) is 6.42 Å². The molecule has 0 rings (SSSR count). The summed E-state index contributed by atoms with van der Waals surface area (Å²) in [7, 11) is 0. The number of amides is 3. The second-order valence-corrected chi connectivity index (χ2v) is 8.42. The third kappa shape index (κ3) is 13.6. The van der Waals surface area contributed by atoms with Gasteiger partial charge >= 0.3 is 17.9 Å². The minimum atomic E-state index is -1.50. The van der Waals surface area contributed by atoms with Gasteiger partial charge in [-0.05, 0) is 25.2 Å². The summed E-state index contributed by atoms with van der Waals surface area (Å²) in [5.74, 6) is -7.29. The Balaban J connectivity index is 5.59. The monoisotopic (exact) mass is 531 g/mol. The summed E-state index contributed by atoms with van der Waals surface area (Å²) in [6.45, 7) is 3.50. The van der Waals surface area contributed by atoms with Crippen LogP contribution in [-0.4, -0.2) is 87.6 Å². The van der Waals surface area contributed by atoms with Crippen molar-refractivity contribution in [2.24, 2.45) is 28.1 Å². The number of carbonyl (C=O) groups excluding carboxylic acids is 3. The van der Waals surface area contributed by atoms with Gasteiger partial charge in [-0.1, -0.05) is 20.3 Å². The van der Waals surface area contributed by atoms with Crippen LogP contribution in [0.25, 0.3) is 0 Å². The number of carboxylic acid groups (broad SMARTS) is 3. The van der Waals surface area contributed by atoms with Gasteiger partial charge in [0.1, 0.15) is 18.1 Å². The van der Waals surface area contributed by atoms with E-state index in [9.17, 15) is 33.9 Å². The molecule has 12 N–H and O–H groups in total. The molecule has 210 valence electrons. The van der Waals surface area contributed by atoms with Crippen molar-refractivity contribution in [3.05, 3.63) is 0 Å². The molecule has 0 aromatic heterocycles. The van der Waals surface area contributed by atoms with Crippen LogP contribution < -0.4 is 33.2 Å². The van der Waals surface area contributed by atoms with Crippen LogP contribution in [0.1, 0.15) is 52.4 Å². The molecule has 0 saturated carbocycles. The number of carboxylic acids is 3. The third-order valence-corrected chi connectivity index (χ3v) is 5.36. The van der Waals surface area contributed by atoms with Crippen molar-refractivity contribution >= 4 is 41.6 Å². The van der Waals surface area contributed by atoms with Gasteiger partial charge in [0.05, 0.1) is 12.5 Å². The van der Waals surface area contributed by atoms with Crippen LogP contribution in [0.3, 0.4) is 0 Å². The maximum Gasteiger partial charge on any atom is 0.326 e. The first-order chi connectivity index (χ1) is 17.2. The van der Waals surface area contributed by atoms with Gasteiger partial charge < -0.3 is 48.5 Å². The lowest BCUT2D eigenvalue weighted by Gasteiger charge is -2.28.